The third-order valence-corrected chi connectivity index (χ3v) is 2.38. The monoisotopic (exact) mass is 199 g/mol. The molecule has 1 heterocycles. The molecule has 0 amide bonds. The van der Waals surface area contributed by atoms with Crippen molar-refractivity contribution in [1.29, 1.82) is 0 Å². The highest BCUT2D eigenvalue weighted by Crippen LogP contribution is 2.25. The second-order valence-corrected chi connectivity index (χ2v) is 4.66. The molecular weight excluding hydrogens is 182 g/mol. The Morgan fingerprint density at radius 3 is 2.38 bits per heavy atom. The van der Waals surface area contributed by atoms with Crippen molar-refractivity contribution < 1.29 is 0 Å². The molecule has 0 radical (unpaired) electrons. The Hall–Kier alpha value is -0.430. The molecule has 74 valence electrons. The molecule has 1 nitrogen and oxygen atoms in total. The Morgan fingerprint density at radius 2 is 1.92 bits per heavy atom. The third-order valence-electron chi connectivity index (χ3n) is 2.06. The molecule has 0 spiro atoms. The first-order valence-corrected chi connectivity index (χ1v) is 5.24. The van der Waals surface area contributed by atoms with Gasteiger partial charge in [0.1, 0.15) is 0 Å². The Bertz CT molecular complexity index is 274. The first-order chi connectivity index (χ1) is 6.02. The summed E-state index contributed by atoms with van der Waals surface area (Å²) in [6.07, 6.45) is 2.08. The Morgan fingerprint density at radius 1 is 1.31 bits per heavy atom. The van der Waals surface area contributed by atoms with E-state index in [1.54, 1.807) is 0 Å². The van der Waals surface area contributed by atoms with Crippen LogP contribution in [0.15, 0.2) is 12.3 Å². The van der Waals surface area contributed by atoms with Crippen LogP contribution in [-0.4, -0.2) is 4.57 Å². The van der Waals surface area contributed by atoms with E-state index in [2.05, 4.69) is 38.5 Å². The Balaban J connectivity index is 2.94. The van der Waals surface area contributed by atoms with Crippen molar-refractivity contribution in [1.82, 2.24) is 4.57 Å². The van der Waals surface area contributed by atoms with Gasteiger partial charge in [-0.05, 0) is 17.9 Å². The number of rotatable bonds is 3. The van der Waals surface area contributed by atoms with Crippen molar-refractivity contribution >= 4 is 11.6 Å². The standard InChI is InChI=1S/C11H18ClN/c1-8(2)7-13-6-5-10(12)11(13)9(3)4/h5-6,8-9H,7H2,1-4H3. The second-order valence-electron chi connectivity index (χ2n) is 4.25. The molecule has 0 N–H and O–H groups in total. The first-order valence-electron chi connectivity index (χ1n) is 4.87. The van der Waals surface area contributed by atoms with Gasteiger partial charge in [0.05, 0.1) is 5.02 Å². The van der Waals surface area contributed by atoms with Crippen LogP contribution in [0.25, 0.3) is 0 Å². The predicted octanol–water partition coefficient (Wildman–Crippen LogP) is 3.92. The lowest BCUT2D eigenvalue weighted by atomic mass is 10.1. The molecule has 0 aliphatic heterocycles. The molecule has 0 unspecified atom stereocenters. The number of halogens is 1. The van der Waals surface area contributed by atoms with Gasteiger partial charge in [-0.1, -0.05) is 39.3 Å². The van der Waals surface area contributed by atoms with Gasteiger partial charge in [-0.2, -0.15) is 0 Å². The molecule has 1 rings (SSSR count). The van der Waals surface area contributed by atoms with Crippen LogP contribution in [0.2, 0.25) is 5.02 Å². The van der Waals surface area contributed by atoms with Crippen LogP contribution < -0.4 is 0 Å². The van der Waals surface area contributed by atoms with Crippen LogP contribution in [-0.2, 0) is 6.54 Å². The summed E-state index contributed by atoms with van der Waals surface area (Å²) in [5, 5.41) is 0.899. The van der Waals surface area contributed by atoms with Crippen molar-refractivity contribution in [2.24, 2.45) is 5.92 Å². The summed E-state index contributed by atoms with van der Waals surface area (Å²) in [6, 6.07) is 1.99. The summed E-state index contributed by atoms with van der Waals surface area (Å²) in [5.41, 5.74) is 1.26. The van der Waals surface area contributed by atoms with E-state index in [0.717, 1.165) is 11.6 Å². The summed E-state index contributed by atoms with van der Waals surface area (Å²) >= 11 is 6.10. The summed E-state index contributed by atoms with van der Waals surface area (Å²) in [6.45, 7) is 9.85. The molecule has 0 aliphatic carbocycles. The van der Waals surface area contributed by atoms with E-state index in [-0.39, 0.29) is 0 Å². The quantitative estimate of drug-likeness (QED) is 0.696. The molecule has 0 atom stereocenters. The minimum Gasteiger partial charge on any atom is -0.350 e. The average Bonchev–Trinajstić information content (AvgIpc) is 2.30. The first kappa shape index (κ1) is 10.6. The maximum atomic E-state index is 6.10. The van der Waals surface area contributed by atoms with Gasteiger partial charge < -0.3 is 4.57 Å². The van der Waals surface area contributed by atoms with Gasteiger partial charge in [0.2, 0.25) is 0 Å². The normalized spacial score (nSPS) is 11.6. The molecular formula is C11H18ClN. The van der Waals surface area contributed by atoms with Crippen LogP contribution in [0.1, 0.15) is 39.3 Å². The minimum atomic E-state index is 0.501. The van der Waals surface area contributed by atoms with Crippen molar-refractivity contribution in [3.8, 4) is 0 Å². The number of hydrogen-bond donors (Lipinski definition) is 0. The van der Waals surface area contributed by atoms with E-state index >= 15 is 0 Å². The maximum absolute atomic E-state index is 6.10. The molecule has 1 aromatic heterocycles. The SMILES string of the molecule is CC(C)Cn1ccc(Cl)c1C(C)C. The summed E-state index contributed by atoms with van der Waals surface area (Å²) in [5.74, 6) is 1.17. The maximum Gasteiger partial charge on any atom is 0.0617 e. The highest BCUT2D eigenvalue weighted by atomic mass is 35.5. The van der Waals surface area contributed by atoms with Gasteiger partial charge in [-0.25, -0.2) is 0 Å². The van der Waals surface area contributed by atoms with Crippen LogP contribution in [0.5, 0.6) is 0 Å². The van der Waals surface area contributed by atoms with Crippen LogP contribution in [0, 0.1) is 5.92 Å². The fourth-order valence-electron chi connectivity index (χ4n) is 1.62. The summed E-state index contributed by atoms with van der Waals surface area (Å²) in [7, 11) is 0. The fourth-order valence-corrected chi connectivity index (χ4v) is 2.00. The zero-order valence-corrected chi connectivity index (χ0v) is 9.60. The largest absolute Gasteiger partial charge is 0.350 e. The van der Waals surface area contributed by atoms with Crippen molar-refractivity contribution in [3.63, 3.8) is 0 Å². The van der Waals surface area contributed by atoms with E-state index in [0.29, 0.717) is 11.8 Å². The Kier molecular flexibility index (Phi) is 3.43. The zero-order chi connectivity index (χ0) is 10.0. The Labute approximate surface area is 85.7 Å². The zero-order valence-electron chi connectivity index (χ0n) is 8.84. The average molecular weight is 200 g/mol. The van der Waals surface area contributed by atoms with E-state index in [4.69, 9.17) is 11.6 Å². The van der Waals surface area contributed by atoms with Gasteiger partial charge >= 0.3 is 0 Å². The fraction of sp³-hybridized carbons (Fsp3) is 0.636. The van der Waals surface area contributed by atoms with Crippen LogP contribution in [0.4, 0.5) is 0 Å². The molecule has 0 fully saturated rings. The van der Waals surface area contributed by atoms with E-state index in [1.165, 1.54) is 5.69 Å². The molecule has 0 aromatic carbocycles. The van der Waals surface area contributed by atoms with Crippen molar-refractivity contribution in [2.45, 2.75) is 40.2 Å². The van der Waals surface area contributed by atoms with Crippen LogP contribution in [0.3, 0.4) is 0 Å². The topological polar surface area (TPSA) is 4.93 Å². The highest BCUT2D eigenvalue weighted by molar-refractivity contribution is 6.31. The smallest absolute Gasteiger partial charge is 0.0617 e. The molecule has 13 heavy (non-hydrogen) atoms. The molecule has 0 saturated carbocycles. The molecule has 1 aromatic rings. The predicted molar refractivity (Wildman–Crippen MR) is 58.4 cm³/mol. The van der Waals surface area contributed by atoms with Gasteiger partial charge in [-0.3, -0.25) is 0 Å². The number of aromatic nitrogens is 1. The molecule has 2 heteroatoms. The highest BCUT2D eigenvalue weighted by Gasteiger charge is 2.11. The van der Waals surface area contributed by atoms with Gasteiger partial charge in [-0.15, -0.1) is 0 Å². The summed E-state index contributed by atoms with van der Waals surface area (Å²) < 4.78 is 2.26. The molecule has 0 aliphatic rings. The minimum absolute atomic E-state index is 0.501. The third kappa shape index (κ3) is 2.50. The van der Waals surface area contributed by atoms with Gasteiger partial charge in [0.15, 0.2) is 0 Å². The van der Waals surface area contributed by atoms with Gasteiger partial charge in [0, 0.05) is 18.4 Å². The number of hydrogen-bond acceptors (Lipinski definition) is 0. The van der Waals surface area contributed by atoms with Gasteiger partial charge in [0.25, 0.3) is 0 Å². The molecule has 0 bridgehead atoms. The van der Waals surface area contributed by atoms with E-state index in [9.17, 15) is 0 Å². The second kappa shape index (κ2) is 4.19. The lowest BCUT2D eigenvalue weighted by Crippen LogP contribution is -2.08. The van der Waals surface area contributed by atoms with Crippen molar-refractivity contribution in [3.05, 3.63) is 23.0 Å². The summed E-state index contributed by atoms with van der Waals surface area (Å²) in [4.78, 5) is 0. The van der Waals surface area contributed by atoms with Crippen molar-refractivity contribution in [2.75, 3.05) is 0 Å². The number of nitrogens with zero attached hydrogens (tertiary/aromatic N) is 1. The van der Waals surface area contributed by atoms with E-state index in [1.807, 2.05) is 6.07 Å². The lowest BCUT2D eigenvalue weighted by molar-refractivity contribution is 0.504. The molecule has 0 saturated heterocycles. The lowest BCUT2D eigenvalue weighted by Gasteiger charge is -2.14. The van der Waals surface area contributed by atoms with Crippen LogP contribution >= 0.6 is 11.6 Å². The van der Waals surface area contributed by atoms with E-state index < -0.39 is 0 Å².